The summed E-state index contributed by atoms with van der Waals surface area (Å²) in [6.45, 7) is 9.31. The molecule has 2 radical (unpaired) electrons. The van der Waals surface area contributed by atoms with Gasteiger partial charge < -0.3 is 0 Å². The number of hydrogen-bond donors (Lipinski definition) is 0. The van der Waals surface area contributed by atoms with Crippen molar-refractivity contribution < 1.29 is 0 Å². The van der Waals surface area contributed by atoms with Gasteiger partial charge in [0.05, 0.1) is 0 Å². The average molecular weight is 332 g/mol. The number of halogens is 2. The third kappa shape index (κ3) is 22.7. The van der Waals surface area contributed by atoms with E-state index in [9.17, 15) is 0 Å². The van der Waals surface area contributed by atoms with E-state index in [-0.39, 0.29) is 0 Å². The Labute approximate surface area is 101 Å². The van der Waals surface area contributed by atoms with E-state index in [1.165, 1.54) is 10.6 Å². The van der Waals surface area contributed by atoms with Crippen LogP contribution in [0.25, 0.3) is 0 Å². The summed E-state index contributed by atoms with van der Waals surface area (Å²) in [5.41, 5.74) is 0. The predicted molar refractivity (Wildman–Crippen MR) is 63.9 cm³/mol. The molecule has 0 atom stereocenters. The molecule has 0 nitrogen and oxygen atoms in total. The first kappa shape index (κ1) is 16.3. The molecule has 0 aliphatic rings. The SMILES string of the molecule is CC(C)[CH2][AlH][CH2]C(C)C.[Cl][Sn][Cl]. The van der Waals surface area contributed by atoms with Crippen LogP contribution in [0.5, 0.6) is 0 Å². The summed E-state index contributed by atoms with van der Waals surface area (Å²) < 4.78 is 0. The Morgan fingerprint density at radius 2 is 1.25 bits per heavy atom. The van der Waals surface area contributed by atoms with Crippen molar-refractivity contribution in [3.63, 3.8) is 0 Å². The molecule has 72 valence electrons. The van der Waals surface area contributed by atoms with Gasteiger partial charge >= 0.3 is 36.7 Å². The Bertz CT molecular complexity index is 71.5. The maximum absolute atomic E-state index is 4.93. The molecule has 0 spiro atoms. The summed E-state index contributed by atoms with van der Waals surface area (Å²) in [4.78, 5) is 0. The van der Waals surface area contributed by atoms with E-state index in [1.54, 1.807) is 0 Å². The van der Waals surface area contributed by atoms with Crippen LogP contribution in [-0.4, -0.2) is 34.1 Å². The molecule has 0 rings (SSSR count). The molecule has 0 aliphatic carbocycles. The molecule has 0 saturated heterocycles. The monoisotopic (exact) mass is 332 g/mol. The van der Waals surface area contributed by atoms with E-state index >= 15 is 0 Å². The molecule has 4 heteroatoms. The van der Waals surface area contributed by atoms with Crippen LogP contribution in [-0.2, 0) is 0 Å². The summed E-state index contributed by atoms with van der Waals surface area (Å²) in [6, 6.07) is 0. The van der Waals surface area contributed by atoms with Gasteiger partial charge in [0, 0.05) is 0 Å². The molecule has 0 unspecified atom stereocenters. The molecule has 0 saturated carbocycles. The minimum atomic E-state index is -0.826. The Hall–Kier alpha value is 1.91. The fourth-order valence-electron chi connectivity index (χ4n) is 0.934. The van der Waals surface area contributed by atoms with Gasteiger partial charge in [-0.15, -0.1) is 0 Å². The normalized spacial score (nSPS) is 9.67. The molecule has 0 fully saturated rings. The number of hydrogen-bond acceptors (Lipinski definition) is 0. The van der Waals surface area contributed by atoms with E-state index in [0.717, 1.165) is 11.8 Å². The predicted octanol–water partition coefficient (Wildman–Crippen LogP) is 3.57. The summed E-state index contributed by atoms with van der Waals surface area (Å²) in [5, 5.41) is 3.08. The van der Waals surface area contributed by atoms with Gasteiger partial charge in [0.25, 0.3) is 0 Å². The first-order valence-electron chi connectivity index (χ1n) is 4.50. The van der Waals surface area contributed by atoms with Gasteiger partial charge in [-0.05, 0) is 0 Å². The zero-order chi connectivity index (χ0) is 9.98. The molecule has 0 bridgehead atoms. The third-order valence-corrected chi connectivity index (χ3v) is 4.69. The first-order valence-corrected chi connectivity index (χ1v) is 13.7. The second kappa shape index (κ2) is 12.9. The van der Waals surface area contributed by atoms with Gasteiger partial charge in [0.2, 0.25) is 15.2 Å². The van der Waals surface area contributed by atoms with Gasteiger partial charge in [0.1, 0.15) is 0 Å². The fraction of sp³-hybridized carbons (Fsp3) is 1.00. The minimum absolute atomic E-state index is 0.316. The summed E-state index contributed by atoms with van der Waals surface area (Å²) in [7, 11) is 9.87. The molecule has 0 aromatic heterocycles. The van der Waals surface area contributed by atoms with Crippen molar-refractivity contribution in [3.8, 4) is 0 Å². The van der Waals surface area contributed by atoms with E-state index in [2.05, 4.69) is 27.7 Å². The van der Waals surface area contributed by atoms with Crippen molar-refractivity contribution in [2.45, 2.75) is 38.3 Å². The van der Waals surface area contributed by atoms with Crippen molar-refractivity contribution in [3.05, 3.63) is 0 Å². The standard InChI is InChI=1S/2C4H9.Al.2ClH.Sn.H/c2*1-4(2)3;;;;;/h2*4H,1H2,2-3H3;;2*1H;;/q;;;;;+2;/p-2. The Kier molecular flexibility index (Phi) is 17.6. The van der Waals surface area contributed by atoms with Crippen LogP contribution >= 0.6 is 17.8 Å². The van der Waals surface area contributed by atoms with Gasteiger partial charge in [-0.25, -0.2) is 0 Å². The summed E-state index contributed by atoms with van der Waals surface area (Å²) in [6.07, 6.45) is 0. The molecule has 0 aromatic carbocycles. The van der Waals surface area contributed by atoms with Crippen LogP contribution in [0.1, 0.15) is 27.7 Å². The Morgan fingerprint density at radius 1 is 1.00 bits per heavy atom. The second-order valence-corrected chi connectivity index (χ2v) is 9.89. The van der Waals surface area contributed by atoms with Crippen molar-refractivity contribution in [2.75, 3.05) is 0 Å². The Morgan fingerprint density at radius 3 is 1.42 bits per heavy atom. The quantitative estimate of drug-likeness (QED) is 0.691. The van der Waals surface area contributed by atoms with Crippen molar-refractivity contribution in [2.24, 2.45) is 11.8 Å². The average Bonchev–Trinajstić information content (AvgIpc) is 1.87. The van der Waals surface area contributed by atoms with E-state index in [4.69, 9.17) is 17.8 Å². The summed E-state index contributed by atoms with van der Waals surface area (Å²) >= 11 is -0.509. The van der Waals surface area contributed by atoms with Gasteiger partial charge in [-0.1, -0.05) is 50.1 Å². The second-order valence-electron chi connectivity index (χ2n) is 3.79. The van der Waals surface area contributed by atoms with Gasteiger partial charge in [-0.3, -0.25) is 0 Å². The molecule has 0 aromatic rings. The zero-order valence-corrected chi connectivity index (χ0v) is 14.3. The van der Waals surface area contributed by atoms with E-state index in [1.807, 2.05) is 0 Å². The third-order valence-electron chi connectivity index (χ3n) is 1.56. The molecule has 0 amide bonds. The van der Waals surface area contributed by atoms with Crippen LogP contribution < -0.4 is 0 Å². The first-order chi connectivity index (χ1) is 5.54. The molecule has 0 heterocycles. The molecule has 0 aliphatic heterocycles. The van der Waals surface area contributed by atoms with Gasteiger partial charge in [-0.2, -0.15) is 0 Å². The van der Waals surface area contributed by atoms with E-state index in [0.29, 0.717) is 15.2 Å². The van der Waals surface area contributed by atoms with Crippen LogP contribution in [0.3, 0.4) is 0 Å². The zero-order valence-electron chi connectivity index (χ0n) is 8.53. The number of rotatable bonds is 4. The van der Waals surface area contributed by atoms with Crippen molar-refractivity contribution in [1.29, 1.82) is 0 Å². The van der Waals surface area contributed by atoms with Crippen LogP contribution in [0.2, 0.25) is 10.6 Å². The van der Waals surface area contributed by atoms with Crippen molar-refractivity contribution >= 4 is 52.0 Å². The van der Waals surface area contributed by atoms with Gasteiger partial charge in [0.15, 0.2) is 0 Å². The van der Waals surface area contributed by atoms with Crippen molar-refractivity contribution in [1.82, 2.24) is 0 Å². The fourth-order valence-corrected chi connectivity index (χ4v) is 2.80. The molecular weight excluding hydrogens is 313 g/mol. The molecule has 12 heavy (non-hydrogen) atoms. The van der Waals surface area contributed by atoms with E-state index < -0.39 is 18.9 Å². The van der Waals surface area contributed by atoms with Crippen LogP contribution in [0, 0.1) is 11.8 Å². The Balaban J connectivity index is 0. The van der Waals surface area contributed by atoms with Crippen LogP contribution in [0.4, 0.5) is 0 Å². The molecular formula is C8H19AlCl2Sn. The summed E-state index contributed by atoms with van der Waals surface area (Å²) in [5.74, 6) is 1.91. The van der Waals surface area contributed by atoms with Crippen LogP contribution in [0.15, 0.2) is 0 Å². The maximum atomic E-state index is 4.93. The topological polar surface area (TPSA) is 0 Å². The molecule has 0 N–H and O–H groups in total.